The number of fused-ring (bicyclic) bond motifs is 2. The van der Waals surface area contributed by atoms with Crippen LogP contribution in [0.4, 0.5) is 0 Å². The Morgan fingerprint density at radius 2 is 1.55 bits per heavy atom. The van der Waals surface area contributed by atoms with Crippen LogP contribution in [0.1, 0.15) is 10.4 Å². The predicted molar refractivity (Wildman–Crippen MR) is 124 cm³/mol. The van der Waals surface area contributed by atoms with Gasteiger partial charge in [0.2, 0.25) is 5.43 Å². The van der Waals surface area contributed by atoms with Crippen molar-refractivity contribution in [3.05, 3.63) is 70.1 Å². The van der Waals surface area contributed by atoms with Crippen molar-refractivity contribution < 1.29 is 78.5 Å². The third kappa shape index (κ3) is 4.78. The molecule has 0 aromatic heterocycles. The van der Waals surface area contributed by atoms with Gasteiger partial charge in [-0.15, -0.1) is 0 Å². The molecule has 0 saturated carbocycles. The van der Waals surface area contributed by atoms with Gasteiger partial charge in [0.15, 0.2) is 11.3 Å². The van der Waals surface area contributed by atoms with Gasteiger partial charge in [0.25, 0.3) is 0 Å². The standard InChI is InChI=1S/C20H8Br4O5.2Na/c21-11-5-9-13(7-3-1-2-4-8(7)20(27)28)10-6-12(22)17(26)15(24)19(10)29-18(9)14(23)16(11)25;;/h1-6,25H,(H,27,28);;/q;2*+1. The number of hydrogen-bond donors (Lipinski definition) is 2. The summed E-state index contributed by atoms with van der Waals surface area (Å²) in [7, 11) is 0. The topological polar surface area (TPSA) is 87.7 Å². The Bertz CT molecular complexity index is 1370. The summed E-state index contributed by atoms with van der Waals surface area (Å²) in [5.74, 6) is -0.921. The van der Waals surface area contributed by atoms with E-state index in [1.165, 1.54) is 6.07 Å². The number of halogens is 4. The van der Waals surface area contributed by atoms with Gasteiger partial charge >= 0.3 is 65.1 Å². The monoisotopic (exact) mass is 690 g/mol. The molecule has 0 amide bonds. The molecule has 0 fully saturated rings. The number of rotatable bonds is 2. The van der Waals surface area contributed by atoms with Crippen LogP contribution in [0.2, 0.25) is 0 Å². The fourth-order valence-electron chi connectivity index (χ4n) is 3.17. The van der Waals surface area contributed by atoms with Crippen molar-refractivity contribution in [2.24, 2.45) is 0 Å². The quantitative estimate of drug-likeness (QED) is 0.242. The smallest absolute Gasteiger partial charge is 0.505 e. The van der Waals surface area contributed by atoms with E-state index in [1.807, 2.05) is 0 Å². The van der Waals surface area contributed by atoms with Crippen LogP contribution < -0.4 is 64.5 Å². The molecule has 2 aliphatic rings. The van der Waals surface area contributed by atoms with E-state index in [9.17, 15) is 19.8 Å². The van der Waals surface area contributed by atoms with Crippen LogP contribution in [-0.4, -0.2) is 16.2 Å². The summed E-state index contributed by atoms with van der Waals surface area (Å²) in [5, 5.41) is 20.6. The van der Waals surface area contributed by atoms with Gasteiger partial charge in [-0.2, -0.15) is 0 Å². The molecule has 2 N–H and O–H groups in total. The first-order valence-electron chi connectivity index (χ1n) is 8.00. The van der Waals surface area contributed by atoms with E-state index in [-0.39, 0.29) is 96.1 Å². The SMILES string of the molecule is O=C(O)c1ccccc1-c1c2cc(Br)c(=O)c(Br)c-2oc2c(Br)c(O)c(Br)cc12.[Na+].[Na+]. The zero-order valence-electron chi connectivity index (χ0n) is 16.1. The van der Waals surface area contributed by atoms with Crippen molar-refractivity contribution >= 4 is 80.7 Å². The van der Waals surface area contributed by atoms with Gasteiger partial charge in [-0.05, 0) is 87.5 Å². The van der Waals surface area contributed by atoms with Gasteiger partial charge in [0.05, 0.1) is 14.5 Å². The molecule has 11 heteroatoms. The molecule has 5 nitrogen and oxygen atoms in total. The molecule has 1 heterocycles. The van der Waals surface area contributed by atoms with Crippen LogP contribution in [-0.2, 0) is 0 Å². The normalized spacial score (nSPS) is 10.6. The van der Waals surface area contributed by atoms with Crippen molar-refractivity contribution in [2.45, 2.75) is 0 Å². The largest absolute Gasteiger partial charge is 1.00 e. The van der Waals surface area contributed by atoms with E-state index in [0.717, 1.165) is 0 Å². The van der Waals surface area contributed by atoms with E-state index in [0.29, 0.717) is 31.0 Å². The molecular weight excluding hydrogens is 686 g/mol. The molecule has 1 aliphatic carbocycles. The summed E-state index contributed by atoms with van der Waals surface area (Å²) in [6.07, 6.45) is 0. The molecule has 146 valence electrons. The van der Waals surface area contributed by atoms with Crippen LogP contribution in [0.25, 0.3) is 33.4 Å². The first kappa shape index (κ1) is 27.6. The van der Waals surface area contributed by atoms with Crippen LogP contribution in [0.5, 0.6) is 5.75 Å². The molecule has 0 atom stereocenters. The predicted octanol–water partition coefficient (Wildman–Crippen LogP) is 1.03. The van der Waals surface area contributed by atoms with Crippen LogP contribution in [0.3, 0.4) is 0 Å². The Morgan fingerprint density at radius 1 is 0.903 bits per heavy atom. The fourth-order valence-corrected chi connectivity index (χ4v) is 5.57. The molecule has 31 heavy (non-hydrogen) atoms. The van der Waals surface area contributed by atoms with Gasteiger partial charge in [0.1, 0.15) is 14.7 Å². The van der Waals surface area contributed by atoms with Gasteiger partial charge in [-0.3, -0.25) is 4.79 Å². The number of carboxylic acids is 1. The minimum absolute atomic E-state index is 0. The molecule has 4 rings (SSSR count). The van der Waals surface area contributed by atoms with Crippen molar-refractivity contribution in [2.75, 3.05) is 0 Å². The number of aromatic hydroxyl groups is 1. The van der Waals surface area contributed by atoms with Crippen molar-refractivity contribution in [1.82, 2.24) is 0 Å². The summed E-state index contributed by atoms with van der Waals surface area (Å²) in [6.45, 7) is 0. The van der Waals surface area contributed by atoms with Gasteiger partial charge in [0, 0.05) is 16.5 Å². The summed E-state index contributed by atoms with van der Waals surface area (Å²) >= 11 is 13.2. The molecule has 0 unspecified atom stereocenters. The second kappa shape index (κ2) is 10.7. The number of phenols is 1. The van der Waals surface area contributed by atoms with E-state index < -0.39 is 5.97 Å². The Morgan fingerprint density at radius 3 is 2.19 bits per heavy atom. The average Bonchev–Trinajstić information content (AvgIpc) is 2.69. The van der Waals surface area contributed by atoms with Crippen LogP contribution >= 0.6 is 63.7 Å². The number of carboxylic acid groups (broad SMARTS) is 1. The molecule has 0 saturated heterocycles. The Kier molecular flexibility index (Phi) is 9.53. The molecule has 0 radical (unpaired) electrons. The summed E-state index contributed by atoms with van der Waals surface area (Å²) in [4.78, 5) is 24.3. The van der Waals surface area contributed by atoms with E-state index in [1.54, 1.807) is 30.3 Å². The number of aromatic carboxylic acids is 1. The van der Waals surface area contributed by atoms with Gasteiger partial charge < -0.3 is 14.6 Å². The summed E-state index contributed by atoms with van der Waals surface area (Å²) in [5.41, 5.74) is 1.61. The zero-order chi connectivity index (χ0) is 21.0. The van der Waals surface area contributed by atoms with Crippen LogP contribution in [0.15, 0.2) is 63.5 Å². The Labute approximate surface area is 254 Å². The van der Waals surface area contributed by atoms with Gasteiger partial charge in [-0.25, -0.2) is 4.79 Å². The minimum Gasteiger partial charge on any atom is -0.505 e. The Balaban J connectivity index is 0.00000171. The maximum absolute atomic E-state index is 12.4. The molecule has 0 bridgehead atoms. The molecule has 1 aliphatic heterocycles. The molecular formula is C20H8Br4Na2O5+2. The van der Waals surface area contributed by atoms with Crippen molar-refractivity contribution in [1.29, 1.82) is 0 Å². The van der Waals surface area contributed by atoms with Crippen molar-refractivity contribution in [3.63, 3.8) is 0 Å². The van der Waals surface area contributed by atoms with Gasteiger partial charge in [-0.1, -0.05) is 18.2 Å². The van der Waals surface area contributed by atoms with E-state index >= 15 is 0 Å². The number of benzene rings is 3. The first-order chi connectivity index (χ1) is 13.7. The van der Waals surface area contributed by atoms with Crippen LogP contribution in [0, 0.1) is 0 Å². The van der Waals surface area contributed by atoms with E-state index in [4.69, 9.17) is 4.42 Å². The number of hydrogen-bond acceptors (Lipinski definition) is 4. The molecule has 2 aromatic carbocycles. The number of phenolic OH excluding ortho intramolecular Hbond substituents is 1. The zero-order valence-corrected chi connectivity index (χ0v) is 26.4. The summed E-state index contributed by atoms with van der Waals surface area (Å²) < 4.78 is 7.17. The summed E-state index contributed by atoms with van der Waals surface area (Å²) in [6, 6.07) is 9.84. The average molecular weight is 694 g/mol. The number of carbonyl (C=O) groups is 1. The maximum Gasteiger partial charge on any atom is 1.00 e. The second-order valence-corrected chi connectivity index (χ2v) is 9.40. The minimum atomic E-state index is -1.09. The third-order valence-electron chi connectivity index (χ3n) is 4.45. The van der Waals surface area contributed by atoms with Crippen molar-refractivity contribution in [3.8, 4) is 28.2 Å². The Hall–Kier alpha value is 0.320. The third-order valence-corrected chi connectivity index (χ3v) is 7.10. The maximum atomic E-state index is 12.4. The first-order valence-corrected chi connectivity index (χ1v) is 11.2. The second-order valence-electron chi connectivity index (χ2n) is 6.10. The molecule has 0 spiro atoms. The fraction of sp³-hybridized carbons (Fsp3) is 0. The molecule has 2 aromatic rings. The van der Waals surface area contributed by atoms with E-state index in [2.05, 4.69) is 63.7 Å².